The summed E-state index contributed by atoms with van der Waals surface area (Å²) in [7, 11) is 0. The van der Waals surface area contributed by atoms with Crippen molar-refractivity contribution in [1.82, 2.24) is 5.32 Å². The highest BCUT2D eigenvalue weighted by atomic mass is 16.6. The van der Waals surface area contributed by atoms with Gasteiger partial charge in [0, 0.05) is 0 Å². The number of nitrogens with one attached hydrogen (secondary N) is 1. The Bertz CT molecular complexity index is 236. The molecule has 0 aromatic rings. The van der Waals surface area contributed by atoms with Crippen LogP contribution in [0.5, 0.6) is 0 Å². The fraction of sp³-hybridized carbons (Fsp3) is 0.909. The second-order valence-electron chi connectivity index (χ2n) is 4.31. The first-order valence-electron chi connectivity index (χ1n) is 5.84. The van der Waals surface area contributed by atoms with Crippen LogP contribution in [-0.2, 0) is 14.3 Å². The first-order chi connectivity index (χ1) is 7.26. The molecule has 0 bridgehead atoms. The molecule has 2 aliphatic rings. The quantitative estimate of drug-likeness (QED) is 0.700. The Balaban J connectivity index is 1.90. The summed E-state index contributed by atoms with van der Waals surface area (Å²) in [6, 6.07) is -0.261. The van der Waals surface area contributed by atoms with Gasteiger partial charge in [-0.25, -0.2) is 0 Å². The Morgan fingerprint density at radius 2 is 2.20 bits per heavy atom. The average molecular weight is 213 g/mol. The van der Waals surface area contributed by atoms with Crippen LogP contribution in [0, 0.1) is 0 Å². The summed E-state index contributed by atoms with van der Waals surface area (Å²) in [4.78, 5) is 11.5. The lowest BCUT2D eigenvalue weighted by molar-refractivity contribution is -0.145. The molecule has 1 heterocycles. The van der Waals surface area contributed by atoms with E-state index in [-0.39, 0.29) is 17.7 Å². The van der Waals surface area contributed by atoms with Gasteiger partial charge in [0.15, 0.2) is 0 Å². The first-order valence-corrected chi connectivity index (χ1v) is 5.84. The highest BCUT2D eigenvalue weighted by molar-refractivity contribution is 5.76. The smallest absolute Gasteiger partial charge is 0.325 e. The number of carbonyl (C=O) groups is 1. The number of ether oxygens (including phenoxy) is 2. The third-order valence-electron chi connectivity index (χ3n) is 3.20. The maximum atomic E-state index is 11.5. The van der Waals surface area contributed by atoms with E-state index in [0.29, 0.717) is 13.2 Å². The number of hydrogen-bond acceptors (Lipinski definition) is 4. The van der Waals surface area contributed by atoms with Crippen molar-refractivity contribution in [2.24, 2.45) is 0 Å². The molecule has 15 heavy (non-hydrogen) atoms. The lowest BCUT2D eigenvalue weighted by Gasteiger charge is -2.32. The van der Waals surface area contributed by atoms with Gasteiger partial charge in [0.2, 0.25) is 0 Å². The van der Waals surface area contributed by atoms with Gasteiger partial charge in [0.25, 0.3) is 0 Å². The van der Waals surface area contributed by atoms with Crippen LogP contribution in [0.1, 0.15) is 39.0 Å². The second-order valence-corrected chi connectivity index (χ2v) is 4.31. The van der Waals surface area contributed by atoms with E-state index >= 15 is 0 Å². The number of rotatable bonds is 2. The van der Waals surface area contributed by atoms with Crippen LogP contribution in [0.4, 0.5) is 0 Å². The van der Waals surface area contributed by atoms with Gasteiger partial charge < -0.3 is 9.47 Å². The van der Waals surface area contributed by atoms with E-state index in [0.717, 1.165) is 12.8 Å². The second kappa shape index (κ2) is 4.49. The molecule has 2 fully saturated rings. The fourth-order valence-electron chi connectivity index (χ4n) is 2.43. The molecular formula is C11H19NO3. The third-order valence-corrected chi connectivity index (χ3v) is 3.20. The summed E-state index contributed by atoms with van der Waals surface area (Å²) in [6.07, 6.45) is 5.67. The first kappa shape index (κ1) is 10.9. The molecule has 1 unspecified atom stereocenters. The van der Waals surface area contributed by atoms with E-state index in [4.69, 9.17) is 9.47 Å². The van der Waals surface area contributed by atoms with Crippen molar-refractivity contribution in [3.63, 3.8) is 0 Å². The van der Waals surface area contributed by atoms with Gasteiger partial charge in [-0.2, -0.15) is 0 Å². The highest BCUT2D eigenvalue weighted by Gasteiger charge is 2.43. The molecule has 1 saturated heterocycles. The Hall–Kier alpha value is -0.610. The molecule has 86 valence electrons. The Morgan fingerprint density at radius 3 is 2.87 bits per heavy atom. The molecule has 1 saturated carbocycles. The predicted molar refractivity (Wildman–Crippen MR) is 55.3 cm³/mol. The molecule has 0 radical (unpaired) electrons. The molecule has 1 N–H and O–H groups in total. The van der Waals surface area contributed by atoms with Crippen LogP contribution in [0.25, 0.3) is 0 Å². The molecule has 1 spiro atoms. The van der Waals surface area contributed by atoms with Gasteiger partial charge in [-0.1, -0.05) is 6.42 Å². The zero-order chi connectivity index (χ0) is 10.7. The summed E-state index contributed by atoms with van der Waals surface area (Å²) in [5.41, 5.74) is -0.227. The van der Waals surface area contributed by atoms with Gasteiger partial charge in [0.1, 0.15) is 11.8 Å². The minimum absolute atomic E-state index is 0.181. The predicted octanol–water partition coefficient (Wildman–Crippen LogP) is 1.20. The summed E-state index contributed by atoms with van der Waals surface area (Å²) >= 11 is 0. The summed E-state index contributed by atoms with van der Waals surface area (Å²) in [5.74, 6) is -0.181. The molecule has 1 aliphatic heterocycles. The van der Waals surface area contributed by atoms with E-state index in [1.165, 1.54) is 19.3 Å². The van der Waals surface area contributed by atoms with Crippen molar-refractivity contribution in [1.29, 1.82) is 0 Å². The van der Waals surface area contributed by atoms with E-state index in [1.807, 2.05) is 6.92 Å². The number of carbonyl (C=O) groups excluding carboxylic acids is 1. The van der Waals surface area contributed by atoms with Crippen molar-refractivity contribution in [3.05, 3.63) is 0 Å². The summed E-state index contributed by atoms with van der Waals surface area (Å²) in [5, 5.41) is 3.29. The van der Waals surface area contributed by atoms with Crippen molar-refractivity contribution in [3.8, 4) is 0 Å². The molecular weight excluding hydrogens is 194 g/mol. The van der Waals surface area contributed by atoms with E-state index in [1.54, 1.807) is 0 Å². The monoisotopic (exact) mass is 213 g/mol. The Labute approximate surface area is 90.3 Å². The lowest BCUT2D eigenvalue weighted by Crippen LogP contribution is -2.48. The van der Waals surface area contributed by atoms with E-state index < -0.39 is 0 Å². The largest absolute Gasteiger partial charge is 0.465 e. The van der Waals surface area contributed by atoms with Crippen molar-refractivity contribution in [2.45, 2.75) is 50.8 Å². The molecule has 4 heteroatoms. The number of esters is 1. The minimum Gasteiger partial charge on any atom is -0.465 e. The minimum atomic E-state index is -0.261. The zero-order valence-electron chi connectivity index (χ0n) is 9.25. The normalized spacial score (nSPS) is 29.3. The highest BCUT2D eigenvalue weighted by Crippen LogP contribution is 2.33. The van der Waals surface area contributed by atoms with E-state index in [9.17, 15) is 4.79 Å². The standard InChI is InChI=1S/C11H19NO3/c1-2-14-10(13)9-8-15-11(12-9)6-4-3-5-7-11/h9,12H,2-8H2,1H3. The summed E-state index contributed by atoms with van der Waals surface area (Å²) < 4.78 is 10.7. The molecule has 4 nitrogen and oxygen atoms in total. The lowest BCUT2D eigenvalue weighted by atomic mass is 9.92. The van der Waals surface area contributed by atoms with Gasteiger partial charge in [0.05, 0.1) is 13.2 Å². The molecule has 1 atom stereocenters. The Morgan fingerprint density at radius 1 is 1.47 bits per heavy atom. The van der Waals surface area contributed by atoms with Crippen molar-refractivity contribution in [2.75, 3.05) is 13.2 Å². The van der Waals surface area contributed by atoms with Gasteiger partial charge >= 0.3 is 5.97 Å². The van der Waals surface area contributed by atoms with Crippen molar-refractivity contribution < 1.29 is 14.3 Å². The van der Waals surface area contributed by atoms with Crippen LogP contribution in [0.2, 0.25) is 0 Å². The Kier molecular flexibility index (Phi) is 3.26. The maximum absolute atomic E-state index is 11.5. The van der Waals surface area contributed by atoms with Crippen molar-refractivity contribution >= 4 is 5.97 Å². The maximum Gasteiger partial charge on any atom is 0.325 e. The molecule has 0 amide bonds. The molecule has 1 aliphatic carbocycles. The molecule has 0 aromatic carbocycles. The molecule has 2 rings (SSSR count). The summed E-state index contributed by atoms with van der Waals surface area (Å²) in [6.45, 7) is 2.72. The van der Waals surface area contributed by atoms with Crippen LogP contribution < -0.4 is 5.32 Å². The van der Waals surface area contributed by atoms with Gasteiger partial charge in [-0.15, -0.1) is 0 Å². The van der Waals surface area contributed by atoms with Crippen LogP contribution in [0.3, 0.4) is 0 Å². The number of hydrogen-bond donors (Lipinski definition) is 1. The van der Waals surface area contributed by atoms with E-state index in [2.05, 4.69) is 5.32 Å². The topological polar surface area (TPSA) is 47.6 Å². The van der Waals surface area contributed by atoms with Crippen LogP contribution in [0.15, 0.2) is 0 Å². The fourth-order valence-corrected chi connectivity index (χ4v) is 2.43. The van der Waals surface area contributed by atoms with Gasteiger partial charge in [-0.3, -0.25) is 10.1 Å². The average Bonchev–Trinajstić information content (AvgIpc) is 2.64. The van der Waals surface area contributed by atoms with Gasteiger partial charge in [-0.05, 0) is 32.6 Å². The molecule has 0 aromatic heterocycles. The van der Waals surface area contributed by atoms with Crippen LogP contribution in [-0.4, -0.2) is 30.9 Å². The SMILES string of the molecule is CCOC(=O)C1COC2(CCCCC2)N1. The zero-order valence-corrected chi connectivity index (χ0v) is 9.25. The van der Waals surface area contributed by atoms with Crippen LogP contribution >= 0.6 is 0 Å². The third kappa shape index (κ3) is 2.32.